The summed E-state index contributed by atoms with van der Waals surface area (Å²) in [5.41, 5.74) is 21.8. The van der Waals surface area contributed by atoms with Crippen LogP contribution in [0.4, 0.5) is 0 Å². The molecule has 3 heterocycles. The van der Waals surface area contributed by atoms with Crippen LogP contribution in [0.15, 0.2) is 243 Å². The average Bonchev–Trinajstić information content (AvgIpc) is 4.18. The number of hydrogen-bond donors (Lipinski definition) is 0. The quantitative estimate of drug-likeness (QED) is 0.108. The number of imidazole rings is 2. The Morgan fingerprint density at radius 1 is 0.321 bits per heavy atom. The predicted octanol–water partition coefficient (Wildman–Crippen LogP) is 19.3. The summed E-state index contributed by atoms with van der Waals surface area (Å²) >= 11 is 0. The van der Waals surface area contributed by atoms with Crippen LogP contribution in [0.5, 0.6) is 0 Å². The molecule has 0 atom stereocenters. The summed E-state index contributed by atoms with van der Waals surface area (Å²) in [6.07, 6.45) is 9.75. The molecule has 81 heavy (non-hydrogen) atoms. The second kappa shape index (κ2) is 23.1. The Kier molecular flexibility index (Phi) is 15.5. The van der Waals surface area contributed by atoms with Gasteiger partial charge in [0, 0.05) is 44.1 Å². The third-order valence-corrected chi connectivity index (χ3v) is 14.6. The van der Waals surface area contributed by atoms with E-state index in [4.69, 9.17) is 15.0 Å². The smallest absolute Gasteiger partial charge is 0.370 e. The van der Waals surface area contributed by atoms with Gasteiger partial charge in [0.15, 0.2) is 0 Å². The largest absolute Gasteiger partial charge is 3.00 e. The fraction of sp³-hybridized carbons (Fsp3) is 0.133. The van der Waals surface area contributed by atoms with Gasteiger partial charge in [-0.05, 0) is 90.9 Å². The Hall–Kier alpha value is -8.80. The minimum absolute atomic E-state index is 0. The molecule has 5 nitrogen and oxygen atoms in total. The molecule has 12 aromatic rings. The number of pyridine rings is 1. The summed E-state index contributed by atoms with van der Waals surface area (Å²) in [6, 6.07) is 87.3. The molecule has 0 spiro atoms. The molecular weight excluding hydrogens is 1160 g/mol. The first kappa shape index (κ1) is 54.2. The zero-order valence-corrected chi connectivity index (χ0v) is 49.0. The van der Waals surface area contributed by atoms with Crippen molar-refractivity contribution in [3.05, 3.63) is 262 Å². The number of aromatic nitrogens is 5. The van der Waals surface area contributed by atoms with Crippen LogP contribution in [0.3, 0.4) is 0 Å². The van der Waals surface area contributed by atoms with Crippen LogP contribution in [0.25, 0.3) is 123 Å². The Bertz CT molecular complexity index is 3940. The Morgan fingerprint density at radius 2 is 0.728 bits per heavy atom. The molecule has 9 aromatic carbocycles. The normalized spacial score (nSPS) is 11.6. The molecule has 0 amide bonds. The van der Waals surface area contributed by atoms with E-state index in [1.54, 1.807) is 0 Å². The van der Waals surface area contributed by atoms with Crippen molar-refractivity contribution in [3.63, 3.8) is 0 Å². The van der Waals surface area contributed by atoms with Gasteiger partial charge in [-0.3, -0.25) is 9.97 Å². The van der Waals surface area contributed by atoms with E-state index in [2.05, 4.69) is 281 Å². The molecule has 0 aliphatic rings. The summed E-state index contributed by atoms with van der Waals surface area (Å²) in [4.78, 5) is 14.3. The van der Waals surface area contributed by atoms with Crippen molar-refractivity contribution in [2.75, 3.05) is 0 Å². The minimum Gasteiger partial charge on any atom is -0.370 e. The molecule has 3 aromatic heterocycles. The zero-order chi connectivity index (χ0) is 54.8. The van der Waals surface area contributed by atoms with E-state index in [1.165, 1.54) is 11.1 Å². The van der Waals surface area contributed by atoms with E-state index in [1.807, 2.05) is 30.7 Å². The Morgan fingerprint density at radius 3 is 1.19 bits per heavy atom. The van der Waals surface area contributed by atoms with Crippen LogP contribution < -0.4 is 0 Å². The molecule has 0 unspecified atom stereocenters. The van der Waals surface area contributed by atoms with Crippen molar-refractivity contribution in [2.24, 2.45) is 10.8 Å². The van der Waals surface area contributed by atoms with Crippen LogP contribution in [0, 0.1) is 29.0 Å². The number of benzene rings is 9. The second-order valence-electron chi connectivity index (χ2n) is 23.1. The van der Waals surface area contributed by atoms with E-state index in [0.717, 1.165) is 125 Å². The van der Waals surface area contributed by atoms with E-state index in [-0.39, 0.29) is 30.9 Å². The minimum atomic E-state index is 0. The van der Waals surface area contributed by atoms with Crippen LogP contribution in [0.2, 0.25) is 0 Å². The van der Waals surface area contributed by atoms with E-state index in [9.17, 15) is 0 Å². The van der Waals surface area contributed by atoms with Crippen LogP contribution in [-0.2, 0) is 33.2 Å². The van der Waals surface area contributed by atoms with Crippen molar-refractivity contribution in [2.45, 2.75) is 54.6 Å². The van der Waals surface area contributed by atoms with Gasteiger partial charge in [0.2, 0.25) is 0 Å². The third-order valence-electron chi connectivity index (χ3n) is 14.6. The van der Waals surface area contributed by atoms with Crippen molar-refractivity contribution < 1.29 is 20.1 Å². The summed E-state index contributed by atoms with van der Waals surface area (Å²) in [5.74, 6) is 1.84. The van der Waals surface area contributed by atoms with Gasteiger partial charge in [-0.25, -0.2) is 0 Å². The van der Waals surface area contributed by atoms with Gasteiger partial charge in [-0.15, -0.1) is 83.4 Å². The number of hydrogen-bond acceptors (Lipinski definition) is 3. The summed E-state index contributed by atoms with van der Waals surface area (Å²) < 4.78 is 4.46. The SMILES string of the molecule is CC(C)(C)Cn1ccnc1-c1[c-]cc(-c2ccccc2-c2cc(-c3ccccc3-c3c[c-]c(-c4nccn4CC(C)(C)C)cc3)cc(-c3ccccc3-c3c[c-]c(-c4ccccn4)cc3-c3ccc(-c4ccccc4)cc3)c2)cc1.[Ir+3]. The summed E-state index contributed by atoms with van der Waals surface area (Å²) in [6.45, 7) is 15.2. The number of rotatable bonds is 13. The van der Waals surface area contributed by atoms with Crippen molar-refractivity contribution >= 4 is 0 Å². The first-order chi connectivity index (χ1) is 38.9. The zero-order valence-electron chi connectivity index (χ0n) is 46.6. The summed E-state index contributed by atoms with van der Waals surface area (Å²) in [7, 11) is 0. The summed E-state index contributed by atoms with van der Waals surface area (Å²) in [5, 5.41) is 0. The first-order valence-corrected chi connectivity index (χ1v) is 27.5. The Labute approximate surface area is 491 Å². The molecule has 0 fully saturated rings. The Balaban J connectivity index is 0.00000690. The van der Waals surface area contributed by atoms with Gasteiger partial charge in [0.1, 0.15) is 0 Å². The van der Waals surface area contributed by atoms with Crippen LogP contribution in [-0.4, -0.2) is 24.1 Å². The van der Waals surface area contributed by atoms with Crippen molar-refractivity contribution in [1.29, 1.82) is 0 Å². The molecule has 0 aliphatic heterocycles. The van der Waals surface area contributed by atoms with Gasteiger partial charge in [-0.2, -0.15) is 0 Å². The maximum atomic E-state index is 4.78. The fourth-order valence-corrected chi connectivity index (χ4v) is 11.0. The van der Waals surface area contributed by atoms with Crippen molar-refractivity contribution in [1.82, 2.24) is 24.1 Å². The molecular formula is C75H62IrN5. The maximum Gasteiger partial charge on any atom is 3.00 e. The van der Waals surface area contributed by atoms with Gasteiger partial charge in [-0.1, -0.05) is 220 Å². The second-order valence-corrected chi connectivity index (χ2v) is 23.1. The van der Waals surface area contributed by atoms with E-state index in [0.29, 0.717) is 0 Å². The maximum absolute atomic E-state index is 4.78. The molecule has 0 aliphatic carbocycles. The topological polar surface area (TPSA) is 48.5 Å². The molecule has 0 bridgehead atoms. The van der Waals surface area contributed by atoms with Gasteiger partial charge in [0.25, 0.3) is 0 Å². The fourth-order valence-electron chi connectivity index (χ4n) is 11.0. The molecule has 0 saturated carbocycles. The monoisotopic (exact) mass is 1230 g/mol. The van der Waals surface area contributed by atoms with Crippen LogP contribution >= 0.6 is 0 Å². The van der Waals surface area contributed by atoms with E-state index >= 15 is 0 Å². The third kappa shape index (κ3) is 11.9. The molecule has 12 rings (SSSR count). The predicted molar refractivity (Wildman–Crippen MR) is 331 cm³/mol. The van der Waals surface area contributed by atoms with Gasteiger partial charge < -0.3 is 14.1 Å². The molecule has 0 saturated heterocycles. The van der Waals surface area contributed by atoms with E-state index < -0.39 is 0 Å². The molecule has 396 valence electrons. The van der Waals surface area contributed by atoms with Crippen LogP contribution in [0.1, 0.15) is 41.5 Å². The van der Waals surface area contributed by atoms with Crippen molar-refractivity contribution in [3.8, 4) is 123 Å². The standard InChI is InChI=1S/C75H62N5.Ir/c1-74(2,3)50-79-44-42-77-72(79)57-35-31-54(32-36-57)63-20-10-12-22-65(63)60-46-61(66-23-13-11-21-64(66)55-33-37-58(38-34-55)73-78-43-45-80(73)51-75(4,5)6)48-62(47-60)67-24-14-15-25-68(67)69-40-39-59(71-26-16-17-41-76-71)49-70(69)56-29-27-53(28-30-56)52-18-8-7-9-19-52;/h7-35,37,40-49H,50-51H2,1-6H3;/q-3;+3. The van der Waals surface area contributed by atoms with Gasteiger partial charge in [0.05, 0.1) is 11.6 Å². The molecule has 0 radical (unpaired) electrons. The molecule has 0 N–H and O–H groups in total. The molecule has 6 heteroatoms. The number of nitrogens with zero attached hydrogens (tertiary/aromatic N) is 5. The first-order valence-electron chi connectivity index (χ1n) is 27.5. The average molecular weight is 1230 g/mol. The van der Waals surface area contributed by atoms with Gasteiger partial charge >= 0.3 is 20.1 Å².